The Labute approximate surface area is 148 Å². The first-order valence-electron chi connectivity index (χ1n) is 8.06. The highest BCUT2D eigenvalue weighted by molar-refractivity contribution is 6.30. The highest BCUT2D eigenvalue weighted by atomic mass is 35.5. The number of hydrogen-bond acceptors (Lipinski definition) is 3. The third-order valence-corrected chi connectivity index (χ3v) is 5.09. The molecule has 4 nitrogen and oxygen atoms in total. The average Bonchev–Trinajstić information content (AvgIpc) is 3.04. The zero-order valence-electron chi connectivity index (χ0n) is 13.1. The van der Waals surface area contributed by atoms with E-state index < -0.39 is 0 Å². The van der Waals surface area contributed by atoms with Crippen molar-refractivity contribution in [3.8, 4) is 0 Å². The van der Waals surface area contributed by atoms with Crippen LogP contribution in [0.2, 0.25) is 5.02 Å². The fraction of sp³-hybridized carbons (Fsp3) is 0.588. The first-order valence-corrected chi connectivity index (χ1v) is 8.44. The molecule has 1 unspecified atom stereocenters. The topological polar surface area (TPSA) is 50.4 Å². The van der Waals surface area contributed by atoms with E-state index in [0.717, 1.165) is 24.4 Å². The number of amides is 1. The van der Waals surface area contributed by atoms with Crippen molar-refractivity contribution < 1.29 is 9.53 Å². The van der Waals surface area contributed by atoms with E-state index in [-0.39, 0.29) is 29.8 Å². The number of carbonyl (C=O) groups excluding carboxylic acids is 1. The van der Waals surface area contributed by atoms with Gasteiger partial charge < -0.3 is 15.4 Å². The molecule has 2 N–H and O–H groups in total. The Bertz CT molecular complexity index is 510. The molecule has 1 aromatic rings. The van der Waals surface area contributed by atoms with Crippen molar-refractivity contribution in [1.29, 1.82) is 0 Å². The summed E-state index contributed by atoms with van der Waals surface area (Å²) in [4.78, 5) is 12.3. The molecule has 0 bridgehead atoms. The molecule has 3 rings (SSSR count). The normalized spacial score (nSPS) is 23.1. The molecule has 128 valence electrons. The zero-order valence-corrected chi connectivity index (χ0v) is 14.7. The van der Waals surface area contributed by atoms with Gasteiger partial charge in [0.1, 0.15) is 6.10 Å². The van der Waals surface area contributed by atoms with Gasteiger partial charge in [0.25, 0.3) is 0 Å². The Hall–Kier alpha value is -0.810. The largest absolute Gasteiger partial charge is 0.366 e. The molecule has 1 amide bonds. The molecule has 1 aromatic carbocycles. The Morgan fingerprint density at radius 3 is 2.61 bits per heavy atom. The van der Waals surface area contributed by atoms with Crippen molar-refractivity contribution in [2.75, 3.05) is 26.2 Å². The lowest BCUT2D eigenvalue weighted by Crippen LogP contribution is -2.50. The monoisotopic (exact) mass is 358 g/mol. The molecule has 1 saturated heterocycles. The Balaban J connectivity index is 0.00000192. The van der Waals surface area contributed by atoms with E-state index in [9.17, 15) is 4.79 Å². The van der Waals surface area contributed by atoms with Crippen LogP contribution in [0.1, 0.15) is 31.2 Å². The lowest BCUT2D eigenvalue weighted by atomic mass is 9.79. The molecule has 2 fully saturated rings. The number of nitrogens with one attached hydrogen (secondary N) is 2. The molecule has 0 spiro atoms. The number of rotatable bonds is 4. The maximum absolute atomic E-state index is 12.3. The predicted molar refractivity (Wildman–Crippen MR) is 94.5 cm³/mol. The maximum atomic E-state index is 12.3. The molecular weight excluding hydrogens is 335 g/mol. The third-order valence-electron chi connectivity index (χ3n) is 4.84. The number of ether oxygens (including phenoxy) is 1. The molecule has 1 atom stereocenters. The average molecular weight is 359 g/mol. The van der Waals surface area contributed by atoms with Crippen LogP contribution < -0.4 is 10.6 Å². The summed E-state index contributed by atoms with van der Waals surface area (Å²) in [6.45, 7) is 2.69. The third kappa shape index (κ3) is 4.38. The second-order valence-electron chi connectivity index (χ2n) is 6.28. The summed E-state index contributed by atoms with van der Waals surface area (Å²) in [5, 5.41) is 7.05. The van der Waals surface area contributed by atoms with E-state index in [1.807, 2.05) is 12.1 Å². The van der Waals surface area contributed by atoms with Gasteiger partial charge in [0.05, 0.1) is 6.61 Å². The summed E-state index contributed by atoms with van der Waals surface area (Å²) in [7, 11) is 0. The number of morpholine rings is 1. The van der Waals surface area contributed by atoms with Crippen LogP contribution in [0, 0.1) is 0 Å². The SMILES string of the molecule is Cl.O=C(NCC1(c2ccc(Cl)cc2)CCCC1)C1CNCCO1. The summed E-state index contributed by atoms with van der Waals surface area (Å²) >= 11 is 6.00. The highest BCUT2D eigenvalue weighted by Crippen LogP contribution is 2.40. The smallest absolute Gasteiger partial charge is 0.250 e. The molecule has 1 saturated carbocycles. The van der Waals surface area contributed by atoms with Crippen molar-refractivity contribution in [1.82, 2.24) is 10.6 Å². The van der Waals surface area contributed by atoms with Gasteiger partial charge in [-0.15, -0.1) is 12.4 Å². The van der Waals surface area contributed by atoms with Gasteiger partial charge in [-0.1, -0.05) is 36.6 Å². The minimum atomic E-state index is -0.363. The van der Waals surface area contributed by atoms with Crippen LogP contribution in [0.25, 0.3) is 0 Å². The van der Waals surface area contributed by atoms with Gasteiger partial charge in [-0.2, -0.15) is 0 Å². The maximum Gasteiger partial charge on any atom is 0.250 e. The van der Waals surface area contributed by atoms with Gasteiger partial charge in [-0.3, -0.25) is 4.79 Å². The minimum Gasteiger partial charge on any atom is -0.366 e. The summed E-state index contributed by atoms with van der Waals surface area (Å²) in [6.07, 6.45) is 4.27. The Morgan fingerprint density at radius 1 is 1.30 bits per heavy atom. The van der Waals surface area contributed by atoms with Gasteiger partial charge >= 0.3 is 0 Å². The van der Waals surface area contributed by atoms with E-state index in [4.69, 9.17) is 16.3 Å². The Kier molecular flexibility index (Phi) is 6.72. The van der Waals surface area contributed by atoms with Crippen LogP contribution in [-0.4, -0.2) is 38.3 Å². The van der Waals surface area contributed by atoms with E-state index >= 15 is 0 Å². The van der Waals surface area contributed by atoms with E-state index in [1.54, 1.807) is 0 Å². The number of hydrogen-bond donors (Lipinski definition) is 2. The lowest BCUT2D eigenvalue weighted by molar-refractivity contribution is -0.134. The van der Waals surface area contributed by atoms with Crippen LogP contribution in [0.4, 0.5) is 0 Å². The van der Waals surface area contributed by atoms with Crippen molar-refractivity contribution in [3.63, 3.8) is 0 Å². The molecule has 1 heterocycles. The molecule has 1 aliphatic heterocycles. The van der Waals surface area contributed by atoms with Gasteiger partial charge in [-0.25, -0.2) is 0 Å². The summed E-state index contributed by atoms with van der Waals surface area (Å²) in [6, 6.07) is 8.07. The van der Waals surface area contributed by atoms with Crippen molar-refractivity contribution in [2.45, 2.75) is 37.2 Å². The second kappa shape index (κ2) is 8.34. The van der Waals surface area contributed by atoms with Crippen LogP contribution >= 0.6 is 24.0 Å². The molecule has 0 radical (unpaired) electrons. The number of carbonyl (C=O) groups is 1. The van der Waals surface area contributed by atoms with E-state index in [2.05, 4.69) is 22.8 Å². The molecule has 2 aliphatic rings. The van der Waals surface area contributed by atoms with E-state index in [1.165, 1.54) is 18.4 Å². The fourth-order valence-electron chi connectivity index (χ4n) is 3.53. The van der Waals surface area contributed by atoms with Crippen LogP contribution in [-0.2, 0) is 14.9 Å². The van der Waals surface area contributed by atoms with Crippen LogP contribution in [0.5, 0.6) is 0 Å². The van der Waals surface area contributed by atoms with Crippen molar-refractivity contribution in [2.24, 2.45) is 0 Å². The molecule has 23 heavy (non-hydrogen) atoms. The quantitative estimate of drug-likeness (QED) is 0.869. The van der Waals surface area contributed by atoms with Crippen molar-refractivity contribution >= 4 is 29.9 Å². The van der Waals surface area contributed by atoms with Crippen LogP contribution in [0.15, 0.2) is 24.3 Å². The van der Waals surface area contributed by atoms with Crippen LogP contribution in [0.3, 0.4) is 0 Å². The standard InChI is InChI=1S/C17H23ClN2O2.ClH/c18-14-5-3-13(4-6-14)17(7-1-2-8-17)12-20-16(21)15-11-19-9-10-22-15;/h3-6,15,19H,1-2,7-12H2,(H,20,21);1H. The first kappa shape index (κ1) is 18.5. The second-order valence-corrected chi connectivity index (χ2v) is 6.71. The summed E-state index contributed by atoms with van der Waals surface area (Å²) in [5.41, 5.74) is 1.32. The fourth-order valence-corrected chi connectivity index (χ4v) is 3.65. The predicted octanol–water partition coefficient (Wildman–Crippen LogP) is 2.68. The molecule has 6 heteroatoms. The van der Waals surface area contributed by atoms with Gasteiger partial charge in [0.2, 0.25) is 5.91 Å². The number of halogens is 2. The van der Waals surface area contributed by atoms with Gasteiger partial charge in [0, 0.05) is 30.1 Å². The zero-order chi connectivity index (χ0) is 15.4. The lowest BCUT2D eigenvalue weighted by Gasteiger charge is -2.31. The van der Waals surface area contributed by atoms with E-state index in [0.29, 0.717) is 19.7 Å². The van der Waals surface area contributed by atoms with Crippen molar-refractivity contribution in [3.05, 3.63) is 34.9 Å². The summed E-state index contributed by atoms with van der Waals surface area (Å²) < 4.78 is 5.52. The Morgan fingerprint density at radius 2 is 2.00 bits per heavy atom. The van der Waals surface area contributed by atoms with Gasteiger partial charge in [0.15, 0.2) is 0 Å². The molecule has 0 aromatic heterocycles. The minimum absolute atomic E-state index is 0. The number of benzene rings is 1. The molecular formula is C17H24Cl2N2O2. The first-order chi connectivity index (χ1) is 10.7. The molecule has 1 aliphatic carbocycles. The van der Waals surface area contributed by atoms with Gasteiger partial charge in [-0.05, 0) is 30.5 Å². The highest BCUT2D eigenvalue weighted by Gasteiger charge is 2.36. The summed E-state index contributed by atoms with van der Waals surface area (Å²) in [5.74, 6) is -0.00700.